The number of sulfonamides is 1. The molecule has 1 saturated heterocycles. The Hall–Kier alpha value is -2.86. The minimum absolute atomic E-state index is 0.202. The summed E-state index contributed by atoms with van der Waals surface area (Å²) in [4.78, 5) is 4.32. The zero-order valence-corrected chi connectivity index (χ0v) is 24.7. The average Bonchev–Trinajstić information content (AvgIpc) is 3.40. The Morgan fingerprint density at radius 3 is 2.38 bits per heavy atom. The van der Waals surface area contributed by atoms with Crippen molar-refractivity contribution in [3.63, 3.8) is 0 Å². The number of ether oxygens (including phenoxy) is 1. The molecule has 0 amide bonds. The molecule has 0 atom stereocenters. The number of hydrogen-bond acceptors (Lipinski definition) is 8. The van der Waals surface area contributed by atoms with Gasteiger partial charge in [-0.15, -0.1) is 10.2 Å². The van der Waals surface area contributed by atoms with Gasteiger partial charge in [-0.05, 0) is 86.9 Å². The second kappa shape index (κ2) is 11.9. The molecule has 1 saturated carbocycles. The summed E-state index contributed by atoms with van der Waals surface area (Å²) in [6.07, 6.45) is 4.19. The highest BCUT2D eigenvalue weighted by Gasteiger charge is 2.33. The zero-order valence-electron chi connectivity index (χ0n) is 23.9. The fraction of sp³-hybridized carbons (Fsp3) is 0.552. The Morgan fingerprint density at radius 1 is 1.02 bits per heavy atom. The van der Waals surface area contributed by atoms with Gasteiger partial charge in [0.25, 0.3) is 0 Å². The lowest BCUT2D eigenvalue weighted by atomic mass is 9.79. The van der Waals surface area contributed by atoms with Crippen LogP contribution in [-0.4, -0.2) is 78.4 Å². The minimum Gasteiger partial charge on any atom is -0.497 e. The van der Waals surface area contributed by atoms with Crippen LogP contribution < -0.4 is 14.8 Å². The Bertz CT molecular complexity index is 1390. The van der Waals surface area contributed by atoms with E-state index in [0.717, 1.165) is 68.7 Å². The molecule has 11 heteroatoms. The third-order valence-electron chi connectivity index (χ3n) is 7.75. The summed E-state index contributed by atoms with van der Waals surface area (Å²) < 4.78 is 35.4. The molecule has 2 fully saturated rings. The number of rotatable bonds is 8. The van der Waals surface area contributed by atoms with Crippen molar-refractivity contribution in [3.8, 4) is 17.1 Å². The summed E-state index contributed by atoms with van der Waals surface area (Å²) >= 11 is 0. The lowest BCUT2D eigenvalue weighted by molar-refractivity contribution is 0.133. The van der Waals surface area contributed by atoms with Crippen LogP contribution >= 0.6 is 0 Å². The first-order valence-corrected chi connectivity index (χ1v) is 15.6. The highest BCUT2D eigenvalue weighted by Crippen LogP contribution is 2.41. The predicted octanol–water partition coefficient (Wildman–Crippen LogP) is 3.41. The molecule has 5 rings (SSSR count). The number of tetrazole rings is 1. The number of benzene rings is 2. The lowest BCUT2D eigenvalue weighted by Crippen LogP contribution is -2.49. The smallest absolute Gasteiger partial charge is 0.241 e. The van der Waals surface area contributed by atoms with Gasteiger partial charge in [0, 0.05) is 43.3 Å². The Morgan fingerprint density at radius 2 is 1.73 bits per heavy atom. The van der Waals surface area contributed by atoms with Gasteiger partial charge in [0.05, 0.1) is 18.6 Å². The van der Waals surface area contributed by atoms with E-state index in [9.17, 15) is 8.42 Å². The fourth-order valence-electron chi connectivity index (χ4n) is 5.91. The highest BCUT2D eigenvalue weighted by atomic mass is 32.2. The van der Waals surface area contributed by atoms with Crippen molar-refractivity contribution in [2.75, 3.05) is 33.3 Å². The van der Waals surface area contributed by atoms with Gasteiger partial charge in [-0.1, -0.05) is 24.3 Å². The normalized spacial score (nSPS) is 20.9. The first-order valence-electron chi connectivity index (χ1n) is 14.2. The van der Waals surface area contributed by atoms with E-state index in [1.54, 1.807) is 13.2 Å². The quantitative estimate of drug-likeness (QED) is 0.426. The van der Waals surface area contributed by atoms with Crippen LogP contribution in [-0.2, 0) is 16.6 Å². The van der Waals surface area contributed by atoms with E-state index in [4.69, 9.17) is 4.74 Å². The summed E-state index contributed by atoms with van der Waals surface area (Å²) in [7, 11) is -2.20. The van der Waals surface area contributed by atoms with Gasteiger partial charge < -0.3 is 10.1 Å². The van der Waals surface area contributed by atoms with Crippen LogP contribution in [0, 0.1) is 0 Å². The highest BCUT2D eigenvalue weighted by molar-refractivity contribution is 7.89. The molecule has 0 radical (unpaired) electrons. The van der Waals surface area contributed by atoms with E-state index >= 15 is 0 Å². The summed E-state index contributed by atoms with van der Waals surface area (Å²) in [6, 6.07) is 13.8. The number of nitrogens with zero attached hydrogens (tertiary/aromatic N) is 5. The van der Waals surface area contributed by atoms with Crippen molar-refractivity contribution in [1.29, 1.82) is 0 Å². The van der Waals surface area contributed by atoms with Gasteiger partial charge in [0.1, 0.15) is 5.75 Å². The molecule has 0 unspecified atom stereocenters. The molecule has 216 valence electrons. The molecule has 1 aliphatic heterocycles. The standard InChI is InChI=1S/C29H41N7O3S/c1-29(2,3)33-40(37,38)26-7-5-6-25(22-10-12-23(13-11-22)35-18-16-30-17-19-35)27(26)28-31-34-36(32-28)20-21-8-14-24(39-4)15-9-21/h5-9,14-15,22-23,30,33H,10-13,16-20H2,1-4H3. The maximum absolute atomic E-state index is 13.7. The third kappa shape index (κ3) is 6.71. The Labute approximate surface area is 237 Å². The zero-order chi connectivity index (χ0) is 28.3. The molecule has 2 heterocycles. The van der Waals surface area contributed by atoms with Crippen LogP contribution in [0.15, 0.2) is 47.4 Å². The minimum atomic E-state index is -3.84. The number of hydrogen-bond donors (Lipinski definition) is 2. The van der Waals surface area contributed by atoms with Crippen LogP contribution in [0.4, 0.5) is 0 Å². The molecule has 0 spiro atoms. The summed E-state index contributed by atoms with van der Waals surface area (Å²) in [6.45, 7) is 10.2. The molecule has 2 aliphatic rings. The monoisotopic (exact) mass is 567 g/mol. The van der Waals surface area contributed by atoms with Crippen LogP contribution in [0.25, 0.3) is 11.4 Å². The molecule has 1 aromatic heterocycles. The van der Waals surface area contributed by atoms with Crippen molar-refractivity contribution in [2.45, 2.75) is 75.4 Å². The van der Waals surface area contributed by atoms with Crippen molar-refractivity contribution in [1.82, 2.24) is 35.1 Å². The van der Waals surface area contributed by atoms with Crippen LogP contribution in [0.1, 0.15) is 63.5 Å². The lowest BCUT2D eigenvalue weighted by Gasteiger charge is -2.39. The SMILES string of the molecule is COc1ccc(Cn2nnc(-c3c(C4CCC(N5CCNCC5)CC4)cccc3S(=O)(=O)NC(C)(C)C)n2)cc1. The largest absolute Gasteiger partial charge is 0.497 e. The van der Waals surface area contributed by atoms with Crippen molar-refractivity contribution >= 4 is 10.0 Å². The summed E-state index contributed by atoms with van der Waals surface area (Å²) in [5.74, 6) is 1.34. The summed E-state index contributed by atoms with van der Waals surface area (Å²) in [5, 5.41) is 16.8. The van der Waals surface area contributed by atoms with E-state index in [0.29, 0.717) is 24.0 Å². The van der Waals surface area contributed by atoms with Crippen LogP contribution in [0.5, 0.6) is 5.75 Å². The van der Waals surface area contributed by atoms with Crippen molar-refractivity contribution in [2.24, 2.45) is 0 Å². The topological polar surface area (TPSA) is 114 Å². The van der Waals surface area contributed by atoms with Crippen LogP contribution in [0.2, 0.25) is 0 Å². The number of aromatic nitrogens is 4. The number of methoxy groups -OCH3 is 1. The van der Waals surface area contributed by atoms with Gasteiger partial charge in [0.15, 0.2) is 0 Å². The molecule has 2 aromatic carbocycles. The molecule has 1 aliphatic carbocycles. The Balaban J connectivity index is 1.47. The molecule has 0 bridgehead atoms. The van der Waals surface area contributed by atoms with Gasteiger partial charge >= 0.3 is 0 Å². The molecule has 10 nitrogen and oxygen atoms in total. The molecule has 3 aromatic rings. The first-order chi connectivity index (χ1) is 19.1. The maximum Gasteiger partial charge on any atom is 0.241 e. The van der Waals surface area contributed by atoms with Gasteiger partial charge in [-0.3, -0.25) is 4.90 Å². The number of nitrogens with one attached hydrogen (secondary N) is 2. The van der Waals surface area contributed by atoms with Crippen molar-refractivity contribution < 1.29 is 13.2 Å². The molecule has 2 N–H and O–H groups in total. The fourth-order valence-corrected chi connectivity index (χ4v) is 7.57. The second-order valence-electron chi connectivity index (χ2n) is 11.9. The van der Waals surface area contributed by atoms with E-state index in [2.05, 4.69) is 30.3 Å². The van der Waals surface area contributed by atoms with E-state index < -0.39 is 15.6 Å². The Kier molecular flexibility index (Phi) is 8.55. The van der Waals surface area contributed by atoms with Gasteiger partial charge in [-0.25, -0.2) is 13.1 Å². The maximum atomic E-state index is 13.7. The van der Waals surface area contributed by atoms with E-state index in [1.807, 2.05) is 57.2 Å². The van der Waals surface area contributed by atoms with Gasteiger partial charge in [-0.2, -0.15) is 4.80 Å². The average molecular weight is 568 g/mol. The van der Waals surface area contributed by atoms with E-state index in [-0.39, 0.29) is 10.8 Å². The van der Waals surface area contributed by atoms with Crippen LogP contribution in [0.3, 0.4) is 0 Å². The molecule has 40 heavy (non-hydrogen) atoms. The molecular formula is C29H41N7O3S. The second-order valence-corrected chi connectivity index (χ2v) is 13.5. The van der Waals surface area contributed by atoms with Crippen molar-refractivity contribution in [3.05, 3.63) is 53.6 Å². The molecular weight excluding hydrogens is 526 g/mol. The first kappa shape index (κ1) is 28.7. The van der Waals surface area contributed by atoms with Gasteiger partial charge in [0.2, 0.25) is 15.8 Å². The third-order valence-corrected chi connectivity index (χ3v) is 9.55. The van der Waals surface area contributed by atoms with E-state index in [1.165, 1.54) is 4.80 Å². The summed E-state index contributed by atoms with van der Waals surface area (Å²) in [5.41, 5.74) is 1.91. The number of piperazine rings is 1. The predicted molar refractivity (Wildman–Crippen MR) is 155 cm³/mol.